The number of ether oxygens (including phenoxy) is 1. The van der Waals surface area contributed by atoms with Crippen molar-refractivity contribution < 1.29 is 4.74 Å². The van der Waals surface area contributed by atoms with Crippen LogP contribution in [0.15, 0.2) is 0 Å². The van der Waals surface area contributed by atoms with Crippen molar-refractivity contribution in [3.05, 3.63) is 0 Å². The molecular formula is C13H30N2O. The van der Waals surface area contributed by atoms with Crippen LogP contribution in [-0.4, -0.2) is 43.8 Å². The third-order valence-electron chi connectivity index (χ3n) is 2.64. The van der Waals surface area contributed by atoms with E-state index < -0.39 is 0 Å². The van der Waals surface area contributed by atoms with Gasteiger partial charge in [-0.3, -0.25) is 4.90 Å². The second-order valence-electron chi connectivity index (χ2n) is 6.05. The van der Waals surface area contributed by atoms with Gasteiger partial charge in [-0.05, 0) is 32.7 Å². The van der Waals surface area contributed by atoms with E-state index in [0.717, 1.165) is 26.1 Å². The molecule has 3 heteroatoms. The van der Waals surface area contributed by atoms with Crippen molar-refractivity contribution in [1.82, 2.24) is 4.90 Å². The van der Waals surface area contributed by atoms with E-state index in [1.807, 2.05) is 0 Å². The third kappa shape index (κ3) is 8.08. The molecule has 0 aromatic rings. The Hall–Kier alpha value is -0.120. The molecule has 0 saturated carbocycles. The molecular weight excluding hydrogens is 200 g/mol. The molecule has 2 N–H and O–H groups in total. The second kappa shape index (κ2) is 7.25. The summed E-state index contributed by atoms with van der Waals surface area (Å²) in [5.74, 6) is 0. The highest BCUT2D eigenvalue weighted by Crippen LogP contribution is 2.22. The lowest BCUT2D eigenvalue weighted by Gasteiger charge is -2.32. The molecule has 0 aliphatic heterocycles. The quantitative estimate of drug-likeness (QED) is 0.728. The standard InChI is InChI=1S/C13H30N2O/c1-11(2)16-8-7-15(6)12(10-14)9-13(3,4)5/h11-12H,7-10,14H2,1-6H3. The molecule has 1 unspecified atom stereocenters. The van der Waals surface area contributed by atoms with Gasteiger partial charge in [0.2, 0.25) is 0 Å². The van der Waals surface area contributed by atoms with E-state index >= 15 is 0 Å². The molecule has 3 nitrogen and oxygen atoms in total. The maximum atomic E-state index is 5.83. The SMILES string of the molecule is CC(C)OCCN(C)C(CN)CC(C)(C)C. The molecule has 16 heavy (non-hydrogen) atoms. The van der Waals surface area contributed by atoms with Gasteiger partial charge in [-0.1, -0.05) is 20.8 Å². The molecule has 0 spiro atoms. The molecule has 0 amide bonds. The highest BCUT2D eigenvalue weighted by molar-refractivity contribution is 4.76. The first kappa shape index (κ1) is 15.9. The maximum Gasteiger partial charge on any atom is 0.0596 e. The Kier molecular flexibility index (Phi) is 7.20. The summed E-state index contributed by atoms with van der Waals surface area (Å²) in [4.78, 5) is 2.31. The fourth-order valence-corrected chi connectivity index (χ4v) is 1.74. The Labute approximate surface area is 101 Å². The zero-order valence-corrected chi connectivity index (χ0v) is 11.9. The topological polar surface area (TPSA) is 38.5 Å². The van der Waals surface area contributed by atoms with Gasteiger partial charge < -0.3 is 10.5 Å². The Morgan fingerprint density at radius 2 is 1.81 bits per heavy atom. The van der Waals surface area contributed by atoms with E-state index in [9.17, 15) is 0 Å². The Morgan fingerprint density at radius 1 is 1.25 bits per heavy atom. The average Bonchev–Trinajstić information content (AvgIpc) is 2.11. The van der Waals surface area contributed by atoms with Crippen LogP contribution in [0.4, 0.5) is 0 Å². The van der Waals surface area contributed by atoms with Crippen LogP contribution in [0.3, 0.4) is 0 Å². The molecule has 1 atom stereocenters. The molecule has 0 aromatic heterocycles. The Morgan fingerprint density at radius 3 is 2.19 bits per heavy atom. The zero-order chi connectivity index (χ0) is 12.8. The molecule has 0 radical (unpaired) electrons. The average molecular weight is 230 g/mol. The number of hydrogen-bond acceptors (Lipinski definition) is 3. The molecule has 0 aliphatic rings. The molecule has 0 heterocycles. The van der Waals surface area contributed by atoms with Crippen molar-refractivity contribution >= 4 is 0 Å². The van der Waals surface area contributed by atoms with Crippen molar-refractivity contribution in [3.8, 4) is 0 Å². The lowest BCUT2D eigenvalue weighted by molar-refractivity contribution is 0.0519. The van der Waals surface area contributed by atoms with Crippen LogP contribution in [0.5, 0.6) is 0 Å². The summed E-state index contributed by atoms with van der Waals surface area (Å²) in [6.07, 6.45) is 1.44. The minimum Gasteiger partial charge on any atom is -0.377 e. The molecule has 98 valence electrons. The van der Waals surface area contributed by atoms with E-state index in [4.69, 9.17) is 10.5 Å². The monoisotopic (exact) mass is 230 g/mol. The summed E-state index contributed by atoms with van der Waals surface area (Å²) in [7, 11) is 2.13. The van der Waals surface area contributed by atoms with Crippen LogP contribution in [0.25, 0.3) is 0 Å². The fraction of sp³-hybridized carbons (Fsp3) is 1.00. The van der Waals surface area contributed by atoms with Gasteiger partial charge in [0.1, 0.15) is 0 Å². The summed E-state index contributed by atoms with van der Waals surface area (Å²) >= 11 is 0. The lowest BCUT2D eigenvalue weighted by Crippen LogP contribution is -2.42. The molecule has 0 bridgehead atoms. The minimum atomic E-state index is 0.312. The van der Waals surface area contributed by atoms with Gasteiger partial charge in [0.15, 0.2) is 0 Å². The maximum absolute atomic E-state index is 5.83. The number of nitrogens with two attached hydrogens (primary N) is 1. The van der Waals surface area contributed by atoms with Gasteiger partial charge in [0.25, 0.3) is 0 Å². The van der Waals surface area contributed by atoms with Gasteiger partial charge in [0, 0.05) is 19.1 Å². The van der Waals surface area contributed by atoms with E-state index in [1.165, 1.54) is 0 Å². The number of hydrogen-bond donors (Lipinski definition) is 1. The third-order valence-corrected chi connectivity index (χ3v) is 2.64. The van der Waals surface area contributed by atoms with Crippen molar-refractivity contribution in [3.63, 3.8) is 0 Å². The minimum absolute atomic E-state index is 0.312. The predicted molar refractivity (Wildman–Crippen MR) is 70.6 cm³/mol. The Bertz CT molecular complexity index is 175. The highest BCUT2D eigenvalue weighted by atomic mass is 16.5. The zero-order valence-electron chi connectivity index (χ0n) is 11.9. The number of likely N-dealkylation sites (N-methyl/N-ethyl adjacent to an activating group) is 1. The van der Waals surface area contributed by atoms with Crippen LogP contribution in [0.1, 0.15) is 41.0 Å². The van der Waals surface area contributed by atoms with Crippen LogP contribution >= 0.6 is 0 Å². The molecule has 0 aromatic carbocycles. The van der Waals surface area contributed by atoms with Crippen molar-refractivity contribution in [2.75, 3.05) is 26.7 Å². The molecule has 0 rings (SSSR count). The summed E-state index contributed by atoms with van der Waals surface area (Å²) in [6, 6.07) is 0.454. The van der Waals surface area contributed by atoms with Crippen LogP contribution in [0, 0.1) is 5.41 Å². The fourth-order valence-electron chi connectivity index (χ4n) is 1.74. The largest absolute Gasteiger partial charge is 0.377 e. The first-order valence-electron chi connectivity index (χ1n) is 6.28. The van der Waals surface area contributed by atoms with Gasteiger partial charge >= 0.3 is 0 Å². The smallest absolute Gasteiger partial charge is 0.0596 e. The Balaban J connectivity index is 3.96. The van der Waals surface area contributed by atoms with E-state index in [2.05, 4.69) is 46.6 Å². The van der Waals surface area contributed by atoms with Crippen LogP contribution < -0.4 is 5.73 Å². The van der Waals surface area contributed by atoms with Gasteiger partial charge in [0.05, 0.1) is 12.7 Å². The molecule has 0 fully saturated rings. The predicted octanol–water partition coefficient (Wildman–Crippen LogP) is 2.11. The summed E-state index contributed by atoms with van der Waals surface area (Å²) in [6.45, 7) is 13.4. The first-order valence-corrected chi connectivity index (χ1v) is 6.28. The highest BCUT2D eigenvalue weighted by Gasteiger charge is 2.20. The second-order valence-corrected chi connectivity index (χ2v) is 6.05. The number of rotatable bonds is 7. The van der Waals surface area contributed by atoms with Crippen molar-refractivity contribution in [1.29, 1.82) is 0 Å². The lowest BCUT2D eigenvalue weighted by atomic mass is 9.87. The van der Waals surface area contributed by atoms with E-state index in [-0.39, 0.29) is 0 Å². The molecule has 0 saturated heterocycles. The first-order chi connectivity index (χ1) is 7.26. The molecule has 0 aliphatic carbocycles. The van der Waals surface area contributed by atoms with Gasteiger partial charge in [-0.15, -0.1) is 0 Å². The van der Waals surface area contributed by atoms with Crippen LogP contribution in [-0.2, 0) is 4.74 Å². The van der Waals surface area contributed by atoms with Gasteiger partial charge in [-0.2, -0.15) is 0 Å². The summed E-state index contributed by atoms with van der Waals surface area (Å²) in [5.41, 5.74) is 6.16. The van der Waals surface area contributed by atoms with E-state index in [1.54, 1.807) is 0 Å². The summed E-state index contributed by atoms with van der Waals surface area (Å²) < 4.78 is 5.55. The van der Waals surface area contributed by atoms with Gasteiger partial charge in [-0.25, -0.2) is 0 Å². The normalized spacial score (nSPS) is 14.8. The number of nitrogens with zero attached hydrogens (tertiary/aromatic N) is 1. The van der Waals surface area contributed by atoms with Crippen LogP contribution in [0.2, 0.25) is 0 Å². The van der Waals surface area contributed by atoms with Crippen molar-refractivity contribution in [2.45, 2.75) is 53.2 Å². The van der Waals surface area contributed by atoms with E-state index in [0.29, 0.717) is 17.6 Å². The summed E-state index contributed by atoms with van der Waals surface area (Å²) in [5, 5.41) is 0. The van der Waals surface area contributed by atoms with Crippen molar-refractivity contribution in [2.24, 2.45) is 11.1 Å².